The van der Waals surface area contributed by atoms with E-state index < -0.39 is 0 Å². The van der Waals surface area contributed by atoms with Crippen LogP contribution in [0.3, 0.4) is 0 Å². The molecule has 0 aliphatic rings. The van der Waals surface area contributed by atoms with E-state index >= 15 is 0 Å². The van der Waals surface area contributed by atoms with Gasteiger partial charge in [0.25, 0.3) is 0 Å². The summed E-state index contributed by atoms with van der Waals surface area (Å²) in [7, 11) is 0. The normalized spacial score (nSPS) is 10.8. The van der Waals surface area contributed by atoms with Crippen LogP contribution in [0.2, 0.25) is 0 Å². The van der Waals surface area contributed by atoms with Crippen molar-refractivity contribution >= 4 is 29.1 Å². The number of aromatic nitrogens is 2. The van der Waals surface area contributed by atoms with Gasteiger partial charge in [0.1, 0.15) is 12.5 Å². The van der Waals surface area contributed by atoms with E-state index in [9.17, 15) is 4.79 Å². The Morgan fingerprint density at radius 2 is 2.00 bits per heavy atom. The number of esters is 1. The molecule has 0 amide bonds. The van der Waals surface area contributed by atoms with E-state index in [1.54, 1.807) is 16.0 Å². The first-order valence-electron chi connectivity index (χ1n) is 7.93. The molecule has 0 bridgehead atoms. The zero-order valence-corrected chi connectivity index (χ0v) is 16.1. The van der Waals surface area contributed by atoms with Crippen LogP contribution in [0.1, 0.15) is 11.3 Å². The number of rotatable bonds is 6. The molecule has 0 aliphatic carbocycles. The summed E-state index contributed by atoms with van der Waals surface area (Å²) in [6, 6.07) is 14.7. The number of hydrogen-bond donors (Lipinski definition) is 0. The average Bonchev–Trinajstić information content (AvgIpc) is 3.19. The predicted octanol–water partition coefficient (Wildman–Crippen LogP) is 4.76. The highest BCUT2D eigenvalue weighted by molar-refractivity contribution is 7.98. The Hall–Kier alpha value is -2.05. The number of carbonyl (C=O) groups is 1. The number of thioether (sulfide) groups is 1. The maximum Gasteiger partial charge on any atom is 0.328 e. The smallest absolute Gasteiger partial charge is 0.328 e. The van der Waals surface area contributed by atoms with Crippen LogP contribution in [0, 0.1) is 13.8 Å². The fourth-order valence-corrected chi connectivity index (χ4v) is 3.86. The fourth-order valence-electron chi connectivity index (χ4n) is 2.59. The molecule has 1 aromatic carbocycles. The molecule has 0 saturated carbocycles. The quantitative estimate of drug-likeness (QED) is 0.462. The highest BCUT2D eigenvalue weighted by atomic mass is 32.2. The van der Waals surface area contributed by atoms with Gasteiger partial charge in [-0.25, -0.2) is 0 Å². The lowest BCUT2D eigenvalue weighted by molar-refractivity contribution is -0.142. The summed E-state index contributed by atoms with van der Waals surface area (Å²) in [6.45, 7) is 4.15. The Bertz CT molecular complexity index is 883. The van der Waals surface area contributed by atoms with Crippen molar-refractivity contribution < 1.29 is 9.53 Å². The molecule has 130 valence electrons. The van der Waals surface area contributed by atoms with Gasteiger partial charge in [0.05, 0.1) is 16.3 Å². The molecule has 0 fully saturated rings. The van der Waals surface area contributed by atoms with Gasteiger partial charge in [0.15, 0.2) is 0 Å². The van der Waals surface area contributed by atoms with Crippen LogP contribution in [-0.4, -0.2) is 27.9 Å². The molecular formula is C19H20N2O2S2. The van der Waals surface area contributed by atoms with Gasteiger partial charge < -0.3 is 4.74 Å². The number of ether oxygens (including phenoxy) is 1. The van der Waals surface area contributed by atoms with Gasteiger partial charge in [-0.2, -0.15) is 5.10 Å². The van der Waals surface area contributed by atoms with E-state index in [0.717, 1.165) is 16.3 Å². The van der Waals surface area contributed by atoms with Gasteiger partial charge in [0.2, 0.25) is 0 Å². The van der Waals surface area contributed by atoms with Crippen molar-refractivity contribution in [3.63, 3.8) is 0 Å². The molecule has 0 radical (unpaired) electrons. The number of hydrogen-bond acceptors (Lipinski definition) is 5. The van der Waals surface area contributed by atoms with Crippen LogP contribution in [-0.2, 0) is 16.1 Å². The number of thiophene rings is 1. The van der Waals surface area contributed by atoms with Crippen molar-refractivity contribution in [2.45, 2.75) is 20.4 Å². The van der Waals surface area contributed by atoms with Gasteiger partial charge in [0, 0.05) is 4.88 Å². The van der Waals surface area contributed by atoms with Crippen LogP contribution in [0.15, 0.2) is 42.5 Å². The van der Waals surface area contributed by atoms with Gasteiger partial charge >= 0.3 is 5.97 Å². The number of benzene rings is 1. The fraction of sp³-hybridized carbons (Fsp3) is 0.263. The second kappa shape index (κ2) is 7.89. The Balaban J connectivity index is 1.86. The zero-order chi connectivity index (χ0) is 17.8. The standard InChI is InChI=1S/C19H20N2O2S2/c1-13-5-4-6-15(9-13)17-7-8-18(25-17)16-10-14(2)20-21(16)11-19(22)23-12-24-3/h4-10H,11-12H2,1-3H3. The molecule has 0 saturated heterocycles. The van der Waals surface area contributed by atoms with Crippen molar-refractivity contribution in [1.82, 2.24) is 9.78 Å². The van der Waals surface area contributed by atoms with E-state index in [0.29, 0.717) is 5.94 Å². The molecule has 3 aromatic rings. The van der Waals surface area contributed by atoms with E-state index in [1.807, 2.05) is 19.2 Å². The first kappa shape index (κ1) is 17.8. The minimum Gasteiger partial charge on any atom is -0.453 e. The molecule has 0 N–H and O–H groups in total. The largest absolute Gasteiger partial charge is 0.453 e. The zero-order valence-electron chi connectivity index (χ0n) is 14.5. The third-order valence-corrected chi connectivity index (χ3v) is 5.19. The molecular weight excluding hydrogens is 352 g/mol. The first-order chi connectivity index (χ1) is 12.1. The number of aryl methyl sites for hydroxylation is 2. The van der Waals surface area contributed by atoms with Crippen LogP contribution < -0.4 is 0 Å². The summed E-state index contributed by atoms with van der Waals surface area (Å²) in [4.78, 5) is 14.2. The minimum atomic E-state index is -0.269. The second-order valence-corrected chi connectivity index (χ2v) is 7.68. The van der Waals surface area contributed by atoms with Crippen LogP contribution >= 0.6 is 23.1 Å². The van der Waals surface area contributed by atoms with Crippen LogP contribution in [0.4, 0.5) is 0 Å². The molecule has 0 atom stereocenters. The summed E-state index contributed by atoms with van der Waals surface area (Å²) < 4.78 is 6.88. The molecule has 6 heteroatoms. The number of nitrogens with zero attached hydrogens (tertiary/aromatic N) is 2. The Morgan fingerprint density at radius 1 is 1.20 bits per heavy atom. The summed E-state index contributed by atoms with van der Waals surface area (Å²) in [6.07, 6.45) is 1.90. The highest BCUT2D eigenvalue weighted by Crippen LogP contribution is 2.35. The molecule has 4 nitrogen and oxygen atoms in total. The summed E-state index contributed by atoms with van der Waals surface area (Å²) >= 11 is 3.18. The molecule has 0 spiro atoms. The van der Waals surface area contributed by atoms with Crippen molar-refractivity contribution in [2.75, 3.05) is 12.2 Å². The predicted molar refractivity (Wildman–Crippen MR) is 105 cm³/mol. The molecule has 0 unspecified atom stereocenters. The lowest BCUT2D eigenvalue weighted by Crippen LogP contribution is -2.15. The van der Waals surface area contributed by atoms with Gasteiger partial charge in [-0.15, -0.1) is 23.1 Å². The Morgan fingerprint density at radius 3 is 2.76 bits per heavy atom. The maximum atomic E-state index is 11.9. The second-order valence-electron chi connectivity index (χ2n) is 5.78. The SMILES string of the molecule is CSCOC(=O)Cn1nc(C)cc1-c1ccc(-c2cccc(C)c2)s1. The Labute approximate surface area is 155 Å². The highest BCUT2D eigenvalue weighted by Gasteiger charge is 2.14. The summed E-state index contributed by atoms with van der Waals surface area (Å²) in [5, 5.41) is 4.45. The Kier molecular flexibility index (Phi) is 5.60. The van der Waals surface area contributed by atoms with Crippen LogP contribution in [0.25, 0.3) is 21.0 Å². The third-order valence-electron chi connectivity index (χ3n) is 3.68. The van der Waals surface area contributed by atoms with E-state index in [1.165, 1.54) is 27.8 Å². The van der Waals surface area contributed by atoms with Crippen molar-refractivity contribution in [3.8, 4) is 21.0 Å². The van der Waals surface area contributed by atoms with Gasteiger partial charge in [-0.3, -0.25) is 9.48 Å². The van der Waals surface area contributed by atoms with E-state index in [4.69, 9.17) is 4.74 Å². The average molecular weight is 373 g/mol. The molecule has 0 aliphatic heterocycles. The lowest BCUT2D eigenvalue weighted by Gasteiger charge is -2.06. The van der Waals surface area contributed by atoms with Gasteiger partial charge in [-0.05, 0) is 43.9 Å². The summed E-state index contributed by atoms with van der Waals surface area (Å²) in [5.41, 5.74) is 4.28. The van der Waals surface area contributed by atoms with Crippen LogP contribution in [0.5, 0.6) is 0 Å². The molecule has 2 aromatic heterocycles. The number of carbonyl (C=O) groups excluding carboxylic acids is 1. The third kappa shape index (κ3) is 4.32. The monoisotopic (exact) mass is 372 g/mol. The van der Waals surface area contributed by atoms with E-state index in [2.05, 4.69) is 48.4 Å². The molecule has 2 heterocycles. The molecule has 3 rings (SSSR count). The van der Waals surface area contributed by atoms with E-state index in [-0.39, 0.29) is 12.5 Å². The van der Waals surface area contributed by atoms with Crippen molar-refractivity contribution in [2.24, 2.45) is 0 Å². The minimum absolute atomic E-state index is 0.126. The van der Waals surface area contributed by atoms with Crippen molar-refractivity contribution in [1.29, 1.82) is 0 Å². The topological polar surface area (TPSA) is 44.1 Å². The van der Waals surface area contributed by atoms with Crippen molar-refractivity contribution in [3.05, 3.63) is 53.7 Å². The van der Waals surface area contributed by atoms with Gasteiger partial charge in [-0.1, -0.05) is 29.8 Å². The summed E-state index contributed by atoms with van der Waals surface area (Å²) in [5.74, 6) is 0.0967. The lowest BCUT2D eigenvalue weighted by atomic mass is 10.1. The first-order valence-corrected chi connectivity index (χ1v) is 10.1. The maximum absolute atomic E-state index is 11.9. The molecule has 25 heavy (non-hydrogen) atoms.